The van der Waals surface area contributed by atoms with Gasteiger partial charge in [-0.3, -0.25) is 4.79 Å². The SMILES string of the molecule is CC[C@H](C)[C@H](NC(=O)CC1CCN(C)C1)C(=O)O. The second-order valence-corrected chi connectivity index (χ2v) is 5.39. The normalized spacial score (nSPS) is 23.6. The minimum absolute atomic E-state index is 0.0438. The minimum Gasteiger partial charge on any atom is -0.480 e. The van der Waals surface area contributed by atoms with Crippen LogP contribution in [0.5, 0.6) is 0 Å². The number of aliphatic carboxylic acids is 1. The molecule has 1 aliphatic heterocycles. The van der Waals surface area contributed by atoms with Crippen molar-refractivity contribution < 1.29 is 14.7 Å². The first-order valence-electron chi connectivity index (χ1n) is 6.64. The Morgan fingerprint density at radius 2 is 2.17 bits per heavy atom. The zero-order valence-corrected chi connectivity index (χ0v) is 11.5. The minimum atomic E-state index is -0.943. The van der Waals surface area contributed by atoms with Crippen molar-refractivity contribution in [1.29, 1.82) is 0 Å². The molecular weight excluding hydrogens is 232 g/mol. The molecule has 0 bridgehead atoms. The molecule has 0 aliphatic carbocycles. The highest BCUT2D eigenvalue weighted by atomic mass is 16.4. The third kappa shape index (κ3) is 4.29. The molecule has 1 aliphatic rings. The summed E-state index contributed by atoms with van der Waals surface area (Å²) in [6, 6.07) is -0.762. The average molecular weight is 256 g/mol. The Bertz CT molecular complexity index is 307. The van der Waals surface area contributed by atoms with Crippen molar-refractivity contribution in [3.05, 3.63) is 0 Å². The summed E-state index contributed by atoms with van der Waals surface area (Å²) >= 11 is 0. The molecule has 1 fully saturated rings. The number of nitrogens with zero attached hydrogens (tertiary/aromatic N) is 1. The van der Waals surface area contributed by atoms with Crippen LogP contribution in [-0.2, 0) is 9.59 Å². The number of likely N-dealkylation sites (tertiary alicyclic amines) is 1. The predicted octanol–water partition coefficient (Wildman–Crippen LogP) is 0.944. The number of carboxylic acid groups (broad SMARTS) is 1. The maximum Gasteiger partial charge on any atom is 0.326 e. The average Bonchev–Trinajstić information content (AvgIpc) is 2.70. The summed E-state index contributed by atoms with van der Waals surface area (Å²) in [6.45, 7) is 5.72. The molecule has 5 nitrogen and oxygen atoms in total. The Morgan fingerprint density at radius 3 is 2.61 bits per heavy atom. The second-order valence-electron chi connectivity index (χ2n) is 5.39. The van der Waals surface area contributed by atoms with Crippen LogP contribution in [-0.4, -0.2) is 48.1 Å². The molecule has 1 heterocycles. The first-order chi connectivity index (χ1) is 8.43. The van der Waals surface area contributed by atoms with Crippen LogP contribution >= 0.6 is 0 Å². The summed E-state index contributed by atoms with van der Waals surface area (Å²) in [7, 11) is 2.04. The number of hydrogen-bond donors (Lipinski definition) is 2. The van der Waals surface area contributed by atoms with Crippen molar-refractivity contribution in [1.82, 2.24) is 10.2 Å². The summed E-state index contributed by atoms with van der Waals surface area (Å²) in [5.41, 5.74) is 0. The molecule has 1 rings (SSSR count). The monoisotopic (exact) mass is 256 g/mol. The number of carbonyl (C=O) groups excluding carboxylic acids is 1. The molecule has 18 heavy (non-hydrogen) atoms. The van der Waals surface area contributed by atoms with Gasteiger partial charge in [-0.15, -0.1) is 0 Å². The lowest BCUT2D eigenvalue weighted by molar-refractivity contribution is -0.143. The van der Waals surface area contributed by atoms with Gasteiger partial charge in [0, 0.05) is 13.0 Å². The van der Waals surface area contributed by atoms with E-state index in [9.17, 15) is 9.59 Å². The van der Waals surface area contributed by atoms with Crippen LogP contribution in [0.1, 0.15) is 33.1 Å². The van der Waals surface area contributed by atoms with Gasteiger partial charge in [-0.1, -0.05) is 20.3 Å². The molecule has 0 saturated carbocycles. The molecular formula is C13H24N2O3. The van der Waals surface area contributed by atoms with Crippen molar-refractivity contribution >= 4 is 11.9 Å². The fourth-order valence-electron chi connectivity index (χ4n) is 2.37. The number of rotatable bonds is 6. The Labute approximate surface area is 109 Å². The molecule has 1 amide bonds. The van der Waals surface area contributed by atoms with Gasteiger partial charge < -0.3 is 15.3 Å². The zero-order chi connectivity index (χ0) is 13.7. The molecule has 1 saturated heterocycles. The molecule has 0 radical (unpaired) electrons. The van der Waals surface area contributed by atoms with Crippen molar-refractivity contribution in [3.63, 3.8) is 0 Å². The van der Waals surface area contributed by atoms with E-state index in [0.717, 1.165) is 25.9 Å². The van der Waals surface area contributed by atoms with Crippen molar-refractivity contribution in [2.24, 2.45) is 11.8 Å². The summed E-state index contributed by atoms with van der Waals surface area (Å²) in [4.78, 5) is 25.1. The van der Waals surface area contributed by atoms with Crippen LogP contribution in [0, 0.1) is 11.8 Å². The number of carboxylic acids is 1. The van der Waals surface area contributed by atoms with Gasteiger partial charge in [0.2, 0.25) is 5.91 Å². The molecule has 0 aromatic heterocycles. The highest BCUT2D eigenvalue weighted by Gasteiger charge is 2.27. The predicted molar refractivity (Wildman–Crippen MR) is 69.2 cm³/mol. The Balaban J connectivity index is 2.44. The van der Waals surface area contributed by atoms with Crippen molar-refractivity contribution in [2.45, 2.75) is 39.2 Å². The first-order valence-corrected chi connectivity index (χ1v) is 6.64. The summed E-state index contributed by atoms with van der Waals surface area (Å²) in [5, 5.41) is 11.8. The smallest absolute Gasteiger partial charge is 0.326 e. The van der Waals surface area contributed by atoms with Crippen LogP contribution in [0.25, 0.3) is 0 Å². The van der Waals surface area contributed by atoms with Crippen LogP contribution in [0.4, 0.5) is 0 Å². The zero-order valence-electron chi connectivity index (χ0n) is 11.5. The standard InChI is InChI=1S/C13H24N2O3/c1-4-9(2)12(13(17)18)14-11(16)7-10-5-6-15(3)8-10/h9-10,12H,4-8H2,1-3H3,(H,14,16)(H,17,18)/t9-,10?,12-/m0/s1. The van der Waals surface area contributed by atoms with Crippen LogP contribution in [0.15, 0.2) is 0 Å². The molecule has 0 spiro atoms. The van der Waals surface area contributed by atoms with Gasteiger partial charge in [-0.05, 0) is 31.8 Å². The van der Waals surface area contributed by atoms with E-state index in [1.54, 1.807) is 0 Å². The summed E-state index contributed by atoms with van der Waals surface area (Å²) in [6.07, 6.45) is 2.19. The van der Waals surface area contributed by atoms with E-state index in [1.807, 2.05) is 20.9 Å². The quantitative estimate of drug-likeness (QED) is 0.742. The lowest BCUT2D eigenvalue weighted by Crippen LogP contribution is -2.45. The molecule has 0 aromatic rings. The highest BCUT2D eigenvalue weighted by Crippen LogP contribution is 2.18. The van der Waals surface area contributed by atoms with E-state index < -0.39 is 12.0 Å². The summed E-state index contributed by atoms with van der Waals surface area (Å²) < 4.78 is 0. The number of hydrogen-bond acceptors (Lipinski definition) is 3. The molecule has 3 atom stereocenters. The van der Waals surface area contributed by atoms with Gasteiger partial charge in [0.05, 0.1) is 0 Å². The Kier molecular flexibility index (Phi) is 5.59. The van der Waals surface area contributed by atoms with Crippen LogP contribution in [0.2, 0.25) is 0 Å². The van der Waals surface area contributed by atoms with E-state index in [-0.39, 0.29) is 11.8 Å². The maximum absolute atomic E-state index is 11.8. The van der Waals surface area contributed by atoms with Gasteiger partial charge in [0.1, 0.15) is 6.04 Å². The van der Waals surface area contributed by atoms with E-state index in [2.05, 4.69) is 10.2 Å². The summed E-state index contributed by atoms with van der Waals surface area (Å²) in [5.74, 6) is -0.761. The van der Waals surface area contributed by atoms with Crippen LogP contribution in [0.3, 0.4) is 0 Å². The van der Waals surface area contributed by atoms with Gasteiger partial charge in [0.15, 0.2) is 0 Å². The molecule has 104 valence electrons. The maximum atomic E-state index is 11.8. The largest absolute Gasteiger partial charge is 0.480 e. The number of amides is 1. The third-order valence-electron chi connectivity index (χ3n) is 3.76. The molecule has 5 heteroatoms. The highest BCUT2D eigenvalue weighted by molar-refractivity contribution is 5.83. The van der Waals surface area contributed by atoms with Crippen molar-refractivity contribution in [2.75, 3.05) is 20.1 Å². The fourth-order valence-corrected chi connectivity index (χ4v) is 2.37. The van der Waals surface area contributed by atoms with Gasteiger partial charge >= 0.3 is 5.97 Å². The van der Waals surface area contributed by atoms with E-state index in [0.29, 0.717) is 12.3 Å². The number of nitrogens with one attached hydrogen (secondary N) is 1. The molecule has 0 aromatic carbocycles. The van der Waals surface area contributed by atoms with Crippen molar-refractivity contribution in [3.8, 4) is 0 Å². The third-order valence-corrected chi connectivity index (χ3v) is 3.76. The van der Waals surface area contributed by atoms with E-state index >= 15 is 0 Å². The number of carbonyl (C=O) groups is 2. The fraction of sp³-hybridized carbons (Fsp3) is 0.846. The van der Waals surface area contributed by atoms with E-state index in [1.165, 1.54) is 0 Å². The lowest BCUT2D eigenvalue weighted by Gasteiger charge is -2.21. The lowest BCUT2D eigenvalue weighted by atomic mass is 9.98. The Morgan fingerprint density at radius 1 is 1.50 bits per heavy atom. The molecule has 2 N–H and O–H groups in total. The second kappa shape index (κ2) is 6.73. The van der Waals surface area contributed by atoms with Gasteiger partial charge in [-0.2, -0.15) is 0 Å². The van der Waals surface area contributed by atoms with Gasteiger partial charge in [0.25, 0.3) is 0 Å². The molecule has 1 unspecified atom stereocenters. The topological polar surface area (TPSA) is 69.6 Å². The van der Waals surface area contributed by atoms with E-state index in [4.69, 9.17) is 5.11 Å². The van der Waals surface area contributed by atoms with Gasteiger partial charge in [-0.25, -0.2) is 4.79 Å². The first kappa shape index (κ1) is 15.0. The van der Waals surface area contributed by atoms with Crippen LogP contribution < -0.4 is 5.32 Å². The Hall–Kier alpha value is -1.10.